The van der Waals surface area contributed by atoms with Gasteiger partial charge in [0.05, 0.1) is 5.56 Å². The number of halogens is 3. The molecule has 0 atom stereocenters. The summed E-state index contributed by atoms with van der Waals surface area (Å²) in [4.78, 5) is 15.6. The average molecular weight is 398 g/mol. The molecule has 0 unspecified atom stereocenters. The van der Waals surface area contributed by atoms with E-state index in [9.17, 15) is 26.4 Å². The first-order valence-electron chi connectivity index (χ1n) is 7.53. The lowest BCUT2D eigenvalue weighted by atomic mass is 10.0. The highest BCUT2D eigenvalue weighted by molar-refractivity contribution is 7.91. The van der Waals surface area contributed by atoms with Gasteiger partial charge in [0.2, 0.25) is 11.9 Å². The van der Waals surface area contributed by atoms with Gasteiger partial charge in [-0.1, -0.05) is 18.2 Å². The predicted molar refractivity (Wildman–Crippen MR) is 91.8 cm³/mol. The third-order valence-electron chi connectivity index (χ3n) is 3.52. The van der Waals surface area contributed by atoms with Crippen molar-refractivity contribution in [3.8, 4) is 11.1 Å². The first-order valence-corrected chi connectivity index (χ1v) is 9.59. The Bertz CT molecular complexity index is 1120. The molecular weight excluding hydrogens is 385 g/mol. The largest absolute Gasteiger partial charge is 0.417 e. The molecule has 2 heterocycles. The van der Waals surface area contributed by atoms with E-state index in [1.807, 2.05) is 0 Å². The summed E-state index contributed by atoms with van der Waals surface area (Å²) in [5.74, 6) is -1.69. The Balaban J connectivity index is 1.95. The first-order chi connectivity index (χ1) is 12.5. The topological polar surface area (TPSA) is 93.4 Å². The summed E-state index contributed by atoms with van der Waals surface area (Å²) in [5.41, 5.74) is -0.275. The number of carbonyl (C=O) groups is 1. The van der Waals surface area contributed by atoms with Crippen molar-refractivity contribution in [3.05, 3.63) is 48.2 Å². The van der Waals surface area contributed by atoms with Gasteiger partial charge in [0.25, 0.3) is 0 Å². The van der Waals surface area contributed by atoms with Gasteiger partial charge >= 0.3 is 6.18 Å². The number of anilines is 1. The minimum atomic E-state index is -4.52. The van der Waals surface area contributed by atoms with Gasteiger partial charge in [-0.3, -0.25) is 10.1 Å². The van der Waals surface area contributed by atoms with E-state index in [4.69, 9.17) is 0 Å². The quantitative estimate of drug-likeness (QED) is 0.729. The van der Waals surface area contributed by atoms with Crippen molar-refractivity contribution in [1.82, 2.24) is 14.6 Å². The normalized spacial score (nSPS) is 12.3. The van der Waals surface area contributed by atoms with Crippen LogP contribution in [-0.2, 0) is 20.8 Å². The van der Waals surface area contributed by atoms with E-state index in [1.165, 1.54) is 41.0 Å². The van der Waals surface area contributed by atoms with E-state index in [0.717, 1.165) is 12.3 Å². The fraction of sp³-hybridized carbons (Fsp3) is 0.188. The van der Waals surface area contributed by atoms with E-state index >= 15 is 0 Å². The van der Waals surface area contributed by atoms with E-state index in [-0.39, 0.29) is 22.7 Å². The van der Waals surface area contributed by atoms with Crippen LogP contribution in [0.5, 0.6) is 0 Å². The van der Waals surface area contributed by atoms with Crippen LogP contribution in [0.4, 0.5) is 19.1 Å². The molecule has 3 rings (SSSR count). The van der Waals surface area contributed by atoms with Crippen LogP contribution in [0.25, 0.3) is 16.8 Å². The predicted octanol–water partition coefficient (Wildman–Crippen LogP) is 2.40. The number of hydrogen-bond acceptors (Lipinski definition) is 5. The maximum Gasteiger partial charge on any atom is 0.417 e. The SMILES string of the molecule is CS(=O)(=O)CC(=O)Nc1nc2ccc(-c3ccccc3C(F)(F)F)cn2n1. The van der Waals surface area contributed by atoms with Gasteiger partial charge < -0.3 is 0 Å². The van der Waals surface area contributed by atoms with E-state index in [0.29, 0.717) is 0 Å². The number of nitrogens with zero attached hydrogens (tertiary/aromatic N) is 3. The van der Waals surface area contributed by atoms with Gasteiger partial charge in [-0.2, -0.15) is 18.2 Å². The minimum Gasteiger partial charge on any atom is -0.292 e. The number of benzene rings is 1. The van der Waals surface area contributed by atoms with E-state index in [1.54, 1.807) is 0 Å². The number of aromatic nitrogens is 3. The number of pyridine rings is 1. The maximum atomic E-state index is 13.2. The number of amides is 1. The van der Waals surface area contributed by atoms with Gasteiger partial charge in [0.1, 0.15) is 5.75 Å². The molecule has 1 amide bonds. The van der Waals surface area contributed by atoms with Crippen molar-refractivity contribution < 1.29 is 26.4 Å². The zero-order chi connectivity index (χ0) is 19.8. The highest BCUT2D eigenvalue weighted by Crippen LogP contribution is 2.36. The summed E-state index contributed by atoms with van der Waals surface area (Å²) in [6, 6.07) is 8.02. The highest BCUT2D eigenvalue weighted by Gasteiger charge is 2.33. The third kappa shape index (κ3) is 4.42. The molecule has 7 nitrogen and oxygen atoms in total. The standard InChI is InChI=1S/C16H13F3N4O3S/c1-27(25,26)9-14(24)21-15-20-13-7-6-10(8-23(13)22-15)11-4-2-3-5-12(11)16(17,18)19/h2-8H,9H2,1H3,(H,21,22,24). The Morgan fingerprint density at radius 3 is 2.56 bits per heavy atom. The van der Waals surface area contributed by atoms with Crippen LogP contribution in [0.3, 0.4) is 0 Å². The van der Waals surface area contributed by atoms with Gasteiger partial charge in [-0.15, -0.1) is 5.10 Å². The molecule has 0 aliphatic heterocycles. The Morgan fingerprint density at radius 2 is 1.89 bits per heavy atom. The van der Waals surface area contributed by atoms with Gasteiger partial charge in [0, 0.05) is 18.0 Å². The Hall–Kier alpha value is -2.95. The molecule has 0 fully saturated rings. The summed E-state index contributed by atoms with van der Waals surface area (Å²) in [7, 11) is -3.52. The molecule has 142 valence electrons. The smallest absolute Gasteiger partial charge is 0.292 e. The van der Waals surface area contributed by atoms with Crippen molar-refractivity contribution in [2.45, 2.75) is 6.18 Å². The van der Waals surface area contributed by atoms with E-state index in [2.05, 4.69) is 15.4 Å². The lowest BCUT2D eigenvalue weighted by molar-refractivity contribution is -0.137. The number of hydrogen-bond donors (Lipinski definition) is 1. The van der Waals surface area contributed by atoms with Crippen molar-refractivity contribution in [2.24, 2.45) is 0 Å². The Kier molecular flexibility index (Phi) is 4.64. The second-order valence-electron chi connectivity index (χ2n) is 5.82. The van der Waals surface area contributed by atoms with Gasteiger partial charge in [0.15, 0.2) is 15.5 Å². The molecule has 0 bridgehead atoms. The van der Waals surface area contributed by atoms with Crippen LogP contribution in [-0.4, -0.2) is 40.9 Å². The molecule has 0 aliphatic carbocycles. The molecular formula is C16H13F3N4O3S. The molecule has 2 aromatic heterocycles. The van der Waals surface area contributed by atoms with Crippen LogP contribution >= 0.6 is 0 Å². The minimum absolute atomic E-state index is 0.0231. The van der Waals surface area contributed by atoms with Crippen LogP contribution in [0.15, 0.2) is 42.6 Å². The van der Waals surface area contributed by atoms with Crippen molar-refractivity contribution >= 4 is 27.3 Å². The van der Waals surface area contributed by atoms with Crippen LogP contribution in [0, 0.1) is 0 Å². The number of fused-ring (bicyclic) bond motifs is 1. The zero-order valence-electron chi connectivity index (χ0n) is 13.9. The molecule has 0 saturated heterocycles. The summed E-state index contributed by atoms with van der Waals surface area (Å²) in [6.45, 7) is 0. The van der Waals surface area contributed by atoms with Crippen LogP contribution < -0.4 is 5.32 Å². The molecule has 1 aromatic carbocycles. The lowest BCUT2D eigenvalue weighted by Crippen LogP contribution is -2.22. The molecule has 0 radical (unpaired) electrons. The highest BCUT2D eigenvalue weighted by atomic mass is 32.2. The van der Waals surface area contributed by atoms with Crippen molar-refractivity contribution in [3.63, 3.8) is 0 Å². The van der Waals surface area contributed by atoms with Crippen molar-refractivity contribution in [2.75, 3.05) is 17.3 Å². The second kappa shape index (κ2) is 6.65. The monoisotopic (exact) mass is 398 g/mol. The van der Waals surface area contributed by atoms with Gasteiger partial charge in [-0.05, 0) is 23.8 Å². The lowest BCUT2D eigenvalue weighted by Gasteiger charge is -2.12. The summed E-state index contributed by atoms with van der Waals surface area (Å²) >= 11 is 0. The second-order valence-corrected chi connectivity index (χ2v) is 7.96. The third-order valence-corrected chi connectivity index (χ3v) is 4.31. The van der Waals surface area contributed by atoms with Crippen LogP contribution in [0.1, 0.15) is 5.56 Å². The maximum absolute atomic E-state index is 13.2. The summed E-state index contributed by atoms with van der Waals surface area (Å²) in [6.07, 6.45) is -2.26. The molecule has 0 aliphatic rings. The number of alkyl halides is 3. The van der Waals surface area contributed by atoms with Crippen LogP contribution in [0.2, 0.25) is 0 Å². The number of sulfone groups is 1. The number of nitrogens with one attached hydrogen (secondary N) is 1. The molecule has 3 aromatic rings. The molecule has 11 heteroatoms. The zero-order valence-corrected chi connectivity index (χ0v) is 14.7. The average Bonchev–Trinajstić information content (AvgIpc) is 2.93. The summed E-state index contributed by atoms with van der Waals surface area (Å²) in [5, 5.41) is 6.20. The Morgan fingerprint density at radius 1 is 1.19 bits per heavy atom. The summed E-state index contributed by atoms with van der Waals surface area (Å²) < 4.78 is 63.0. The molecule has 27 heavy (non-hydrogen) atoms. The molecule has 0 saturated carbocycles. The number of rotatable bonds is 4. The molecule has 1 N–H and O–H groups in total. The van der Waals surface area contributed by atoms with E-state index < -0.39 is 33.2 Å². The fourth-order valence-corrected chi connectivity index (χ4v) is 3.02. The first kappa shape index (κ1) is 18.8. The molecule has 0 spiro atoms. The Labute approximate surface area is 151 Å². The number of carbonyl (C=O) groups excluding carboxylic acids is 1. The van der Waals surface area contributed by atoms with Gasteiger partial charge in [-0.25, -0.2) is 12.9 Å². The fourth-order valence-electron chi connectivity index (χ4n) is 2.48. The van der Waals surface area contributed by atoms with Crippen molar-refractivity contribution in [1.29, 1.82) is 0 Å².